The van der Waals surface area contributed by atoms with E-state index in [4.69, 9.17) is 4.74 Å². The van der Waals surface area contributed by atoms with Gasteiger partial charge in [-0.25, -0.2) is 0 Å². The average molecular weight is 351 g/mol. The Bertz CT molecular complexity index is 686. The Morgan fingerprint density at radius 3 is 2.70 bits per heavy atom. The minimum atomic E-state index is -0.611. The van der Waals surface area contributed by atoms with Gasteiger partial charge in [0.2, 0.25) is 5.13 Å². The number of nitrogens with zero attached hydrogens (tertiary/aromatic N) is 2. The van der Waals surface area contributed by atoms with Crippen LogP contribution in [-0.2, 0) is 4.79 Å². The van der Waals surface area contributed by atoms with E-state index < -0.39 is 6.10 Å². The van der Waals surface area contributed by atoms with Crippen LogP contribution >= 0.6 is 23.1 Å². The second-order valence-corrected chi connectivity index (χ2v) is 8.29. The molecule has 5 nitrogen and oxygen atoms in total. The highest BCUT2D eigenvalue weighted by Gasteiger charge is 2.18. The molecule has 0 radical (unpaired) electrons. The number of carbonyl (C=O) groups excluding carboxylic acids is 1. The van der Waals surface area contributed by atoms with Crippen molar-refractivity contribution >= 4 is 34.1 Å². The van der Waals surface area contributed by atoms with Crippen molar-refractivity contribution in [1.29, 1.82) is 0 Å². The number of rotatable bonds is 6. The standard InChI is InChI=1S/C16H21N3O2S2/c1-9(2)22-16-19-18-15(23-16)17-14(20)12(5)21-13-8-6-7-10(3)11(13)4/h6-9,12H,1-5H3,(H,17,18,20). The van der Waals surface area contributed by atoms with E-state index in [1.54, 1.807) is 18.7 Å². The van der Waals surface area contributed by atoms with Gasteiger partial charge in [-0.2, -0.15) is 0 Å². The minimum absolute atomic E-state index is 0.233. The molecule has 0 aliphatic carbocycles. The number of aryl methyl sites for hydroxylation is 1. The molecule has 2 rings (SSSR count). The quantitative estimate of drug-likeness (QED) is 0.628. The zero-order chi connectivity index (χ0) is 17.0. The number of benzene rings is 1. The molecule has 0 aliphatic heterocycles. The maximum absolute atomic E-state index is 12.2. The van der Waals surface area contributed by atoms with Crippen LogP contribution in [0.2, 0.25) is 0 Å². The highest BCUT2D eigenvalue weighted by molar-refractivity contribution is 8.01. The van der Waals surface area contributed by atoms with Gasteiger partial charge in [-0.3, -0.25) is 10.1 Å². The fraction of sp³-hybridized carbons (Fsp3) is 0.438. The third-order valence-electron chi connectivity index (χ3n) is 3.20. The number of ether oxygens (including phenoxy) is 1. The van der Waals surface area contributed by atoms with E-state index in [1.807, 2.05) is 32.0 Å². The van der Waals surface area contributed by atoms with Crippen molar-refractivity contribution in [2.24, 2.45) is 0 Å². The lowest BCUT2D eigenvalue weighted by Crippen LogP contribution is -2.30. The zero-order valence-corrected chi connectivity index (χ0v) is 15.5. The summed E-state index contributed by atoms with van der Waals surface area (Å²) in [5, 5.41) is 11.7. The molecule has 0 bridgehead atoms. The van der Waals surface area contributed by atoms with Gasteiger partial charge in [-0.05, 0) is 38.0 Å². The van der Waals surface area contributed by atoms with Crippen LogP contribution in [0.25, 0.3) is 0 Å². The molecule has 23 heavy (non-hydrogen) atoms. The van der Waals surface area contributed by atoms with Crippen LogP contribution in [0.1, 0.15) is 31.9 Å². The molecule has 0 saturated heterocycles. The Morgan fingerprint density at radius 1 is 1.26 bits per heavy atom. The molecule has 1 heterocycles. The maximum Gasteiger partial charge on any atom is 0.266 e. The average Bonchev–Trinajstić information content (AvgIpc) is 2.90. The van der Waals surface area contributed by atoms with Gasteiger partial charge in [0.25, 0.3) is 5.91 Å². The number of nitrogens with one attached hydrogen (secondary N) is 1. The van der Waals surface area contributed by atoms with Gasteiger partial charge in [0.1, 0.15) is 5.75 Å². The van der Waals surface area contributed by atoms with Crippen LogP contribution in [0.15, 0.2) is 22.5 Å². The molecule has 1 unspecified atom stereocenters. The number of carbonyl (C=O) groups is 1. The summed E-state index contributed by atoms with van der Waals surface area (Å²) in [7, 11) is 0. The first-order valence-electron chi connectivity index (χ1n) is 7.40. The molecule has 1 amide bonds. The second kappa shape index (κ2) is 7.79. The van der Waals surface area contributed by atoms with E-state index in [1.165, 1.54) is 11.3 Å². The van der Waals surface area contributed by atoms with E-state index in [2.05, 4.69) is 29.4 Å². The highest BCUT2D eigenvalue weighted by Crippen LogP contribution is 2.28. The highest BCUT2D eigenvalue weighted by atomic mass is 32.2. The van der Waals surface area contributed by atoms with Crippen molar-refractivity contribution in [1.82, 2.24) is 10.2 Å². The van der Waals surface area contributed by atoms with E-state index in [9.17, 15) is 4.79 Å². The number of hydrogen-bond donors (Lipinski definition) is 1. The minimum Gasteiger partial charge on any atom is -0.481 e. The molecule has 0 saturated carbocycles. The van der Waals surface area contributed by atoms with Crippen LogP contribution in [0.5, 0.6) is 5.75 Å². The Hall–Kier alpha value is -1.60. The third kappa shape index (κ3) is 4.94. The van der Waals surface area contributed by atoms with E-state index in [-0.39, 0.29) is 5.91 Å². The number of hydrogen-bond acceptors (Lipinski definition) is 6. The molecular weight excluding hydrogens is 330 g/mol. The number of aromatic nitrogens is 2. The number of thioether (sulfide) groups is 1. The molecule has 0 aliphatic rings. The van der Waals surface area contributed by atoms with E-state index in [0.717, 1.165) is 21.2 Å². The molecule has 2 aromatic rings. The Balaban J connectivity index is 1.97. The molecule has 1 N–H and O–H groups in total. The van der Waals surface area contributed by atoms with Gasteiger partial charge in [-0.15, -0.1) is 10.2 Å². The van der Waals surface area contributed by atoms with Gasteiger partial charge in [0.15, 0.2) is 10.4 Å². The lowest BCUT2D eigenvalue weighted by Gasteiger charge is -2.16. The molecule has 0 spiro atoms. The van der Waals surface area contributed by atoms with Crippen LogP contribution in [0, 0.1) is 13.8 Å². The maximum atomic E-state index is 12.2. The summed E-state index contributed by atoms with van der Waals surface area (Å²) in [6.45, 7) is 9.90. The van der Waals surface area contributed by atoms with Crippen molar-refractivity contribution in [3.63, 3.8) is 0 Å². The van der Waals surface area contributed by atoms with Gasteiger partial charge in [0, 0.05) is 5.25 Å². The normalized spacial score (nSPS) is 12.3. The van der Waals surface area contributed by atoms with Crippen LogP contribution in [0.3, 0.4) is 0 Å². The van der Waals surface area contributed by atoms with Crippen molar-refractivity contribution in [3.05, 3.63) is 29.3 Å². The molecule has 1 aromatic carbocycles. The van der Waals surface area contributed by atoms with Crippen molar-refractivity contribution in [3.8, 4) is 5.75 Å². The Kier molecular flexibility index (Phi) is 6.01. The predicted octanol–water partition coefficient (Wildman–Crippen LogP) is 4.06. The number of anilines is 1. The summed E-state index contributed by atoms with van der Waals surface area (Å²) in [5.74, 6) is 0.490. The van der Waals surface area contributed by atoms with Gasteiger partial charge in [0.05, 0.1) is 0 Å². The van der Waals surface area contributed by atoms with E-state index in [0.29, 0.717) is 10.4 Å². The van der Waals surface area contributed by atoms with Crippen LogP contribution in [0.4, 0.5) is 5.13 Å². The molecule has 1 atom stereocenters. The van der Waals surface area contributed by atoms with Crippen molar-refractivity contribution < 1.29 is 9.53 Å². The lowest BCUT2D eigenvalue weighted by molar-refractivity contribution is -0.122. The van der Waals surface area contributed by atoms with Gasteiger partial charge >= 0.3 is 0 Å². The summed E-state index contributed by atoms with van der Waals surface area (Å²) >= 11 is 3.00. The van der Waals surface area contributed by atoms with Crippen LogP contribution < -0.4 is 10.1 Å². The largest absolute Gasteiger partial charge is 0.481 e. The smallest absolute Gasteiger partial charge is 0.266 e. The van der Waals surface area contributed by atoms with Crippen LogP contribution in [-0.4, -0.2) is 27.5 Å². The first-order chi connectivity index (χ1) is 10.9. The predicted molar refractivity (Wildman–Crippen MR) is 95.5 cm³/mol. The molecule has 1 aromatic heterocycles. The fourth-order valence-corrected chi connectivity index (χ4v) is 3.79. The summed E-state index contributed by atoms with van der Waals surface area (Å²) < 4.78 is 6.62. The van der Waals surface area contributed by atoms with Crippen molar-refractivity contribution in [2.75, 3.05) is 5.32 Å². The first kappa shape index (κ1) is 17.7. The third-order valence-corrected chi connectivity index (χ3v) is 5.13. The van der Waals surface area contributed by atoms with Gasteiger partial charge < -0.3 is 4.74 Å². The molecular formula is C16H21N3O2S2. The zero-order valence-electron chi connectivity index (χ0n) is 13.9. The summed E-state index contributed by atoms with van der Waals surface area (Å²) in [5.41, 5.74) is 2.17. The Morgan fingerprint density at radius 2 is 2.00 bits per heavy atom. The molecule has 124 valence electrons. The summed E-state index contributed by atoms with van der Waals surface area (Å²) in [4.78, 5) is 12.2. The first-order valence-corrected chi connectivity index (χ1v) is 9.10. The van der Waals surface area contributed by atoms with Crippen molar-refractivity contribution in [2.45, 2.75) is 50.3 Å². The van der Waals surface area contributed by atoms with Gasteiger partial charge in [-0.1, -0.05) is 49.1 Å². The lowest BCUT2D eigenvalue weighted by atomic mass is 10.1. The fourth-order valence-electron chi connectivity index (χ4n) is 1.81. The summed E-state index contributed by atoms with van der Waals surface area (Å²) in [6.07, 6.45) is -0.611. The monoisotopic (exact) mass is 351 g/mol. The Labute approximate surface area is 144 Å². The second-order valence-electron chi connectivity index (χ2n) is 5.49. The topological polar surface area (TPSA) is 64.1 Å². The van der Waals surface area contributed by atoms with E-state index >= 15 is 0 Å². The molecule has 0 fully saturated rings. The SMILES string of the molecule is Cc1cccc(OC(C)C(=O)Nc2nnc(SC(C)C)s2)c1C. The molecule has 7 heteroatoms. The summed E-state index contributed by atoms with van der Waals surface area (Å²) in [6, 6.07) is 5.80. The number of amides is 1.